The van der Waals surface area contributed by atoms with Crippen LogP contribution in [-0.2, 0) is 6.54 Å². The quantitative estimate of drug-likeness (QED) is 0.804. The van der Waals surface area contributed by atoms with Gasteiger partial charge in [0.15, 0.2) is 0 Å². The van der Waals surface area contributed by atoms with Gasteiger partial charge in [-0.1, -0.05) is 32.8 Å². The van der Waals surface area contributed by atoms with Crippen molar-refractivity contribution in [3.8, 4) is 0 Å². The first-order chi connectivity index (χ1) is 9.70. The average Bonchev–Trinajstić information content (AvgIpc) is 2.47. The molecule has 1 aliphatic carbocycles. The van der Waals surface area contributed by atoms with Gasteiger partial charge in [0.25, 0.3) is 0 Å². The summed E-state index contributed by atoms with van der Waals surface area (Å²) in [5.41, 5.74) is 1.27. The van der Waals surface area contributed by atoms with Crippen molar-refractivity contribution in [1.82, 2.24) is 10.3 Å². The Morgan fingerprint density at radius 2 is 2.20 bits per heavy atom. The van der Waals surface area contributed by atoms with E-state index in [9.17, 15) is 0 Å². The van der Waals surface area contributed by atoms with Crippen LogP contribution in [0.15, 0.2) is 18.3 Å². The molecule has 112 valence electrons. The monoisotopic (exact) mass is 275 g/mol. The third kappa shape index (κ3) is 4.20. The molecule has 3 heteroatoms. The average molecular weight is 275 g/mol. The van der Waals surface area contributed by atoms with Crippen molar-refractivity contribution < 1.29 is 0 Å². The van der Waals surface area contributed by atoms with Crippen LogP contribution >= 0.6 is 0 Å². The molecule has 1 saturated carbocycles. The van der Waals surface area contributed by atoms with Crippen molar-refractivity contribution in [2.75, 3.05) is 18.5 Å². The molecule has 1 N–H and O–H groups in total. The van der Waals surface area contributed by atoms with Crippen LogP contribution in [0.2, 0.25) is 0 Å². The van der Waals surface area contributed by atoms with Gasteiger partial charge in [0, 0.05) is 25.8 Å². The predicted molar refractivity (Wildman–Crippen MR) is 86.1 cm³/mol. The second-order valence-corrected chi connectivity index (χ2v) is 6.24. The number of nitrogens with zero attached hydrogens (tertiary/aromatic N) is 2. The molecule has 0 radical (unpaired) electrons. The van der Waals surface area contributed by atoms with E-state index in [1.165, 1.54) is 37.7 Å². The van der Waals surface area contributed by atoms with Crippen LogP contribution in [0.3, 0.4) is 0 Å². The number of nitrogens with one attached hydrogen (secondary N) is 1. The highest BCUT2D eigenvalue weighted by Gasteiger charge is 2.23. The molecule has 3 nitrogen and oxygen atoms in total. The second kappa shape index (κ2) is 7.63. The van der Waals surface area contributed by atoms with Crippen molar-refractivity contribution in [3.63, 3.8) is 0 Å². The zero-order chi connectivity index (χ0) is 14.4. The molecule has 0 aromatic carbocycles. The van der Waals surface area contributed by atoms with Crippen LogP contribution in [0.4, 0.5) is 5.82 Å². The van der Waals surface area contributed by atoms with E-state index < -0.39 is 0 Å². The number of rotatable bonds is 6. The van der Waals surface area contributed by atoms with E-state index in [-0.39, 0.29) is 0 Å². The van der Waals surface area contributed by atoms with Gasteiger partial charge >= 0.3 is 0 Å². The molecule has 1 aromatic heterocycles. The zero-order valence-corrected chi connectivity index (χ0v) is 13.2. The Hall–Kier alpha value is -1.09. The molecule has 1 aromatic rings. The van der Waals surface area contributed by atoms with Gasteiger partial charge in [-0.25, -0.2) is 4.98 Å². The molecular formula is C17H29N3. The predicted octanol–water partition coefficient (Wildman–Crippen LogP) is 3.60. The molecule has 0 aliphatic heterocycles. The number of aromatic nitrogens is 1. The van der Waals surface area contributed by atoms with Crippen molar-refractivity contribution >= 4 is 5.82 Å². The standard InChI is InChI=1S/C17H29N3/c1-4-10-18-12-15-8-9-17(19-13-15)20(3)16-7-5-6-14(2)11-16/h8-9,13-14,16,18H,4-7,10-12H2,1-3H3. The molecule has 1 aliphatic rings. The molecule has 1 heterocycles. The molecule has 2 atom stereocenters. The molecule has 0 spiro atoms. The van der Waals surface area contributed by atoms with Gasteiger partial charge in [-0.3, -0.25) is 0 Å². The van der Waals surface area contributed by atoms with E-state index in [1.807, 2.05) is 6.20 Å². The van der Waals surface area contributed by atoms with Crippen LogP contribution in [0, 0.1) is 5.92 Å². The van der Waals surface area contributed by atoms with Crippen molar-refractivity contribution in [2.45, 2.75) is 58.5 Å². The lowest BCUT2D eigenvalue weighted by Crippen LogP contribution is -2.36. The van der Waals surface area contributed by atoms with E-state index in [4.69, 9.17) is 0 Å². The first-order valence-corrected chi connectivity index (χ1v) is 8.09. The molecule has 0 amide bonds. The van der Waals surface area contributed by atoms with Crippen LogP contribution in [0.1, 0.15) is 51.5 Å². The Labute approximate surface area is 123 Å². The summed E-state index contributed by atoms with van der Waals surface area (Å²) in [6, 6.07) is 5.03. The van der Waals surface area contributed by atoms with E-state index in [2.05, 4.69) is 48.2 Å². The minimum absolute atomic E-state index is 0.662. The lowest BCUT2D eigenvalue weighted by Gasteiger charge is -2.34. The summed E-state index contributed by atoms with van der Waals surface area (Å²) >= 11 is 0. The van der Waals surface area contributed by atoms with Gasteiger partial charge in [-0.2, -0.15) is 0 Å². The maximum Gasteiger partial charge on any atom is 0.128 e. The number of pyridine rings is 1. The van der Waals surface area contributed by atoms with E-state index in [0.29, 0.717) is 6.04 Å². The highest BCUT2D eigenvalue weighted by atomic mass is 15.2. The van der Waals surface area contributed by atoms with Crippen molar-refractivity contribution in [3.05, 3.63) is 23.9 Å². The molecule has 1 fully saturated rings. The fraction of sp³-hybridized carbons (Fsp3) is 0.706. The summed E-state index contributed by atoms with van der Waals surface area (Å²) in [4.78, 5) is 7.02. The van der Waals surface area contributed by atoms with Crippen LogP contribution in [-0.4, -0.2) is 24.6 Å². The first kappa shape index (κ1) is 15.3. The Bertz CT molecular complexity index is 388. The summed E-state index contributed by atoms with van der Waals surface area (Å²) < 4.78 is 0. The molecule has 0 bridgehead atoms. The number of hydrogen-bond acceptors (Lipinski definition) is 3. The van der Waals surface area contributed by atoms with Crippen molar-refractivity contribution in [1.29, 1.82) is 0 Å². The second-order valence-electron chi connectivity index (χ2n) is 6.24. The molecular weight excluding hydrogens is 246 g/mol. The van der Waals surface area contributed by atoms with E-state index in [1.54, 1.807) is 0 Å². The topological polar surface area (TPSA) is 28.2 Å². The summed E-state index contributed by atoms with van der Waals surface area (Å²) in [7, 11) is 2.19. The Balaban J connectivity index is 1.91. The Kier molecular flexibility index (Phi) is 5.84. The minimum Gasteiger partial charge on any atom is -0.357 e. The van der Waals surface area contributed by atoms with Gasteiger partial charge in [0.2, 0.25) is 0 Å². The number of anilines is 1. The largest absolute Gasteiger partial charge is 0.357 e. The van der Waals surface area contributed by atoms with Gasteiger partial charge < -0.3 is 10.2 Å². The summed E-state index contributed by atoms with van der Waals surface area (Å²) in [6.45, 7) is 6.55. The fourth-order valence-corrected chi connectivity index (χ4v) is 3.08. The third-order valence-corrected chi connectivity index (χ3v) is 4.38. The van der Waals surface area contributed by atoms with Crippen LogP contribution < -0.4 is 10.2 Å². The zero-order valence-electron chi connectivity index (χ0n) is 13.2. The fourth-order valence-electron chi connectivity index (χ4n) is 3.08. The highest BCUT2D eigenvalue weighted by molar-refractivity contribution is 5.39. The molecule has 20 heavy (non-hydrogen) atoms. The Morgan fingerprint density at radius 3 is 2.85 bits per heavy atom. The first-order valence-electron chi connectivity index (χ1n) is 8.09. The normalized spacial score (nSPS) is 22.8. The maximum absolute atomic E-state index is 4.64. The SMILES string of the molecule is CCCNCc1ccc(N(C)C2CCCC(C)C2)nc1. The van der Waals surface area contributed by atoms with Gasteiger partial charge in [0.1, 0.15) is 5.82 Å². The smallest absolute Gasteiger partial charge is 0.128 e. The van der Waals surface area contributed by atoms with Gasteiger partial charge in [-0.15, -0.1) is 0 Å². The molecule has 2 rings (SSSR count). The Morgan fingerprint density at radius 1 is 1.35 bits per heavy atom. The molecule has 0 saturated heterocycles. The van der Waals surface area contributed by atoms with Crippen molar-refractivity contribution in [2.24, 2.45) is 5.92 Å². The maximum atomic E-state index is 4.64. The summed E-state index contributed by atoms with van der Waals surface area (Å²) in [5.74, 6) is 1.97. The molecule has 2 unspecified atom stereocenters. The van der Waals surface area contributed by atoms with Crippen LogP contribution in [0.25, 0.3) is 0 Å². The lowest BCUT2D eigenvalue weighted by atomic mass is 9.86. The summed E-state index contributed by atoms with van der Waals surface area (Å²) in [5, 5.41) is 3.42. The lowest BCUT2D eigenvalue weighted by molar-refractivity contribution is 0.335. The van der Waals surface area contributed by atoms with E-state index in [0.717, 1.165) is 24.8 Å². The van der Waals surface area contributed by atoms with Gasteiger partial charge in [0.05, 0.1) is 0 Å². The van der Waals surface area contributed by atoms with Crippen LogP contribution in [0.5, 0.6) is 0 Å². The third-order valence-electron chi connectivity index (χ3n) is 4.38. The highest BCUT2D eigenvalue weighted by Crippen LogP contribution is 2.28. The van der Waals surface area contributed by atoms with E-state index >= 15 is 0 Å². The number of hydrogen-bond donors (Lipinski definition) is 1. The minimum atomic E-state index is 0.662. The van der Waals surface area contributed by atoms with Gasteiger partial charge in [-0.05, 0) is 43.4 Å². The summed E-state index contributed by atoms with van der Waals surface area (Å²) in [6.07, 6.45) is 8.55.